The van der Waals surface area contributed by atoms with E-state index in [-0.39, 0.29) is 11.8 Å². The number of nitrogens with zero attached hydrogens (tertiary/aromatic N) is 2. The Hall–Kier alpha value is -1.88. The van der Waals surface area contributed by atoms with E-state index in [1.807, 2.05) is 35.0 Å². The molecule has 1 heterocycles. The summed E-state index contributed by atoms with van der Waals surface area (Å²) in [7, 11) is 1.90. The van der Waals surface area contributed by atoms with E-state index in [0.717, 1.165) is 25.8 Å². The third kappa shape index (κ3) is 5.96. The fraction of sp³-hybridized carbons (Fsp3) is 0.579. The number of amides is 2. The average Bonchev–Trinajstić information content (AvgIpc) is 2.63. The van der Waals surface area contributed by atoms with Gasteiger partial charge in [-0.2, -0.15) is 0 Å². The molecule has 0 spiro atoms. The van der Waals surface area contributed by atoms with Crippen LogP contribution in [-0.2, 0) is 16.0 Å². The van der Waals surface area contributed by atoms with Gasteiger partial charge >= 0.3 is 0 Å². The molecule has 0 saturated carbocycles. The van der Waals surface area contributed by atoms with E-state index < -0.39 is 0 Å². The minimum absolute atomic E-state index is 0.210. The van der Waals surface area contributed by atoms with Gasteiger partial charge in [-0.15, -0.1) is 0 Å². The van der Waals surface area contributed by atoms with Gasteiger partial charge in [0.1, 0.15) is 0 Å². The molecule has 0 radical (unpaired) electrons. The summed E-state index contributed by atoms with van der Waals surface area (Å²) in [6, 6.07) is 10.3. The van der Waals surface area contributed by atoms with Gasteiger partial charge in [0, 0.05) is 39.0 Å². The fourth-order valence-electron chi connectivity index (χ4n) is 3.03. The normalized spacial score (nSPS) is 14.7. The molecular formula is C19H29N3O2. The summed E-state index contributed by atoms with van der Waals surface area (Å²) >= 11 is 0. The number of benzene rings is 1. The van der Waals surface area contributed by atoms with Gasteiger partial charge < -0.3 is 15.1 Å². The molecule has 1 aliphatic rings. The lowest BCUT2D eigenvalue weighted by Crippen LogP contribution is -2.50. The first kappa shape index (κ1) is 18.5. The number of nitrogens with one attached hydrogen (secondary N) is 1. The quantitative estimate of drug-likeness (QED) is 0.738. The van der Waals surface area contributed by atoms with Gasteiger partial charge in [0.05, 0.1) is 0 Å². The number of hydrogen-bond donors (Lipinski definition) is 1. The Morgan fingerprint density at radius 2 is 1.46 bits per heavy atom. The van der Waals surface area contributed by atoms with Crippen LogP contribution in [0.3, 0.4) is 0 Å². The van der Waals surface area contributed by atoms with Gasteiger partial charge in [-0.3, -0.25) is 9.59 Å². The van der Waals surface area contributed by atoms with Gasteiger partial charge in [0.25, 0.3) is 0 Å². The second-order valence-electron chi connectivity index (χ2n) is 6.31. The number of aryl methyl sites for hydroxylation is 1. The molecule has 1 saturated heterocycles. The molecule has 1 fully saturated rings. The van der Waals surface area contributed by atoms with Gasteiger partial charge in [-0.05, 0) is 38.4 Å². The maximum atomic E-state index is 12.3. The molecule has 132 valence electrons. The van der Waals surface area contributed by atoms with E-state index in [1.54, 1.807) is 0 Å². The molecule has 0 aromatic heterocycles. The molecule has 0 atom stereocenters. The van der Waals surface area contributed by atoms with Crippen LogP contribution in [0.1, 0.15) is 31.2 Å². The van der Waals surface area contributed by atoms with Crippen LogP contribution in [0, 0.1) is 0 Å². The summed E-state index contributed by atoms with van der Waals surface area (Å²) in [6.45, 7) is 3.54. The summed E-state index contributed by atoms with van der Waals surface area (Å²) in [5, 5.41) is 3.06. The van der Waals surface area contributed by atoms with Crippen LogP contribution >= 0.6 is 0 Å². The maximum absolute atomic E-state index is 12.3. The van der Waals surface area contributed by atoms with E-state index in [9.17, 15) is 9.59 Å². The van der Waals surface area contributed by atoms with E-state index >= 15 is 0 Å². The molecule has 2 amide bonds. The van der Waals surface area contributed by atoms with Crippen molar-refractivity contribution in [2.75, 3.05) is 39.8 Å². The molecule has 5 nitrogen and oxygen atoms in total. The molecule has 0 bridgehead atoms. The lowest BCUT2D eigenvalue weighted by Gasteiger charge is -2.35. The van der Waals surface area contributed by atoms with Gasteiger partial charge in [-0.1, -0.05) is 30.3 Å². The Morgan fingerprint density at radius 1 is 0.917 bits per heavy atom. The first-order valence-corrected chi connectivity index (χ1v) is 8.95. The van der Waals surface area contributed by atoms with Crippen LogP contribution in [0.5, 0.6) is 0 Å². The zero-order valence-corrected chi connectivity index (χ0v) is 14.7. The fourth-order valence-corrected chi connectivity index (χ4v) is 3.03. The van der Waals surface area contributed by atoms with E-state index in [0.29, 0.717) is 39.0 Å². The van der Waals surface area contributed by atoms with Crippen molar-refractivity contribution in [2.45, 2.75) is 32.1 Å². The number of carbonyl (C=O) groups excluding carboxylic acids is 2. The van der Waals surface area contributed by atoms with Crippen LogP contribution in [0.15, 0.2) is 30.3 Å². The Labute approximate surface area is 145 Å². The maximum Gasteiger partial charge on any atom is 0.222 e. The van der Waals surface area contributed by atoms with E-state index in [2.05, 4.69) is 17.4 Å². The van der Waals surface area contributed by atoms with Crippen molar-refractivity contribution in [3.8, 4) is 0 Å². The Morgan fingerprint density at radius 3 is 2.00 bits per heavy atom. The molecule has 0 unspecified atom stereocenters. The second-order valence-corrected chi connectivity index (χ2v) is 6.31. The predicted molar refractivity (Wildman–Crippen MR) is 95.7 cm³/mol. The Balaban J connectivity index is 1.64. The highest BCUT2D eigenvalue weighted by atomic mass is 16.2. The number of hydrogen-bond acceptors (Lipinski definition) is 3. The summed E-state index contributed by atoms with van der Waals surface area (Å²) in [5.74, 6) is 0.426. The van der Waals surface area contributed by atoms with Crippen molar-refractivity contribution in [3.05, 3.63) is 35.9 Å². The summed E-state index contributed by atoms with van der Waals surface area (Å²) in [6.07, 6.45) is 3.87. The molecular weight excluding hydrogens is 302 g/mol. The molecule has 2 rings (SSSR count). The third-order valence-corrected chi connectivity index (χ3v) is 4.50. The number of rotatable bonds is 8. The van der Waals surface area contributed by atoms with Crippen LogP contribution < -0.4 is 5.32 Å². The molecule has 1 N–H and O–H groups in total. The topological polar surface area (TPSA) is 52.7 Å². The monoisotopic (exact) mass is 331 g/mol. The minimum atomic E-state index is 0.210. The Kier molecular flexibility index (Phi) is 7.75. The van der Waals surface area contributed by atoms with Gasteiger partial charge in [0.2, 0.25) is 11.8 Å². The Bertz CT molecular complexity index is 511. The molecule has 24 heavy (non-hydrogen) atoms. The zero-order valence-electron chi connectivity index (χ0n) is 14.7. The van der Waals surface area contributed by atoms with Crippen molar-refractivity contribution < 1.29 is 9.59 Å². The van der Waals surface area contributed by atoms with Crippen molar-refractivity contribution in [3.63, 3.8) is 0 Å². The predicted octanol–water partition coefficient (Wildman–Crippen LogP) is 1.68. The zero-order chi connectivity index (χ0) is 17.2. The molecule has 1 aromatic carbocycles. The number of piperazine rings is 1. The van der Waals surface area contributed by atoms with Crippen molar-refractivity contribution in [1.82, 2.24) is 15.1 Å². The largest absolute Gasteiger partial charge is 0.339 e. The first-order chi connectivity index (χ1) is 11.7. The van der Waals surface area contributed by atoms with Crippen molar-refractivity contribution in [1.29, 1.82) is 0 Å². The molecule has 0 aliphatic carbocycles. The minimum Gasteiger partial charge on any atom is -0.339 e. The standard InChI is InChI=1S/C19H29N3O2/c1-20-12-6-11-19(24)22-15-13-21(14-16-22)18(23)10-5-9-17-7-3-2-4-8-17/h2-4,7-8,20H,5-6,9-16H2,1H3. The highest BCUT2D eigenvalue weighted by Crippen LogP contribution is 2.10. The van der Waals surface area contributed by atoms with E-state index in [1.165, 1.54) is 5.56 Å². The van der Waals surface area contributed by atoms with Crippen LogP contribution in [0.2, 0.25) is 0 Å². The summed E-state index contributed by atoms with van der Waals surface area (Å²) < 4.78 is 0. The summed E-state index contributed by atoms with van der Waals surface area (Å²) in [5.41, 5.74) is 1.28. The molecule has 1 aromatic rings. The van der Waals surface area contributed by atoms with Gasteiger partial charge in [0.15, 0.2) is 0 Å². The highest BCUT2D eigenvalue weighted by molar-refractivity contribution is 5.78. The lowest BCUT2D eigenvalue weighted by molar-refractivity contribution is -0.139. The average molecular weight is 331 g/mol. The SMILES string of the molecule is CNCCCC(=O)N1CCN(C(=O)CCCc2ccccc2)CC1. The van der Waals surface area contributed by atoms with Crippen LogP contribution in [0.25, 0.3) is 0 Å². The third-order valence-electron chi connectivity index (χ3n) is 4.50. The van der Waals surface area contributed by atoms with E-state index in [4.69, 9.17) is 0 Å². The molecule has 1 aliphatic heterocycles. The van der Waals surface area contributed by atoms with Crippen molar-refractivity contribution in [2.24, 2.45) is 0 Å². The van der Waals surface area contributed by atoms with Crippen LogP contribution in [-0.4, -0.2) is 61.4 Å². The number of carbonyl (C=O) groups is 2. The summed E-state index contributed by atoms with van der Waals surface area (Å²) in [4.78, 5) is 28.2. The van der Waals surface area contributed by atoms with Crippen LogP contribution in [0.4, 0.5) is 0 Å². The van der Waals surface area contributed by atoms with Crippen molar-refractivity contribution >= 4 is 11.8 Å². The first-order valence-electron chi connectivity index (χ1n) is 8.95. The molecule has 5 heteroatoms. The lowest BCUT2D eigenvalue weighted by atomic mass is 10.1. The second kappa shape index (κ2) is 10.1. The smallest absolute Gasteiger partial charge is 0.222 e. The highest BCUT2D eigenvalue weighted by Gasteiger charge is 2.23. The van der Waals surface area contributed by atoms with Gasteiger partial charge in [-0.25, -0.2) is 0 Å².